The summed E-state index contributed by atoms with van der Waals surface area (Å²) < 4.78 is 19.8. The molecule has 2 N–H and O–H groups in total. The largest absolute Gasteiger partial charge is 0.370 e. The number of carbonyl (C=O) groups is 2. The Labute approximate surface area is 286 Å². The first-order valence-corrected chi connectivity index (χ1v) is 16.9. The summed E-state index contributed by atoms with van der Waals surface area (Å²) in [5, 5.41) is 24.2. The summed E-state index contributed by atoms with van der Waals surface area (Å²) in [4.78, 5) is 33.9. The molecule has 12 nitrogen and oxygen atoms in total. The van der Waals surface area contributed by atoms with Crippen molar-refractivity contribution in [2.45, 2.75) is 44.0 Å². The van der Waals surface area contributed by atoms with Crippen LogP contribution in [0, 0.1) is 28.7 Å². The molecular weight excluding hydrogens is 637 g/mol. The maximum absolute atomic E-state index is 14.0. The van der Waals surface area contributed by atoms with E-state index in [1.807, 2.05) is 30.3 Å². The van der Waals surface area contributed by atoms with Crippen molar-refractivity contribution in [3.05, 3.63) is 70.5 Å². The van der Waals surface area contributed by atoms with Crippen LogP contribution < -0.4 is 10.6 Å². The summed E-state index contributed by atoms with van der Waals surface area (Å²) in [7, 11) is 0. The summed E-state index contributed by atoms with van der Waals surface area (Å²) in [5.41, 5.74) is 1.60. The van der Waals surface area contributed by atoms with E-state index in [1.54, 1.807) is 31.7 Å². The van der Waals surface area contributed by atoms with E-state index >= 15 is 0 Å². The molecule has 4 saturated heterocycles. The molecule has 0 aliphatic carbocycles. The van der Waals surface area contributed by atoms with Gasteiger partial charge >= 0.3 is 12.1 Å². The van der Waals surface area contributed by atoms with E-state index in [4.69, 9.17) is 26.9 Å². The quantitative estimate of drug-likeness (QED) is 0.459. The van der Waals surface area contributed by atoms with E-state index in [2.05, 4.69) is 27.9 Å². The van der Waals surface area contributed by atoms with Crippen LogP contribution in [-0.4, -0.2) is 121 Å². The molecule has 4 aliphatic rings. The molecule has 4 aliphatic heterocycles. The van der Waals surface area contributed by atoms with E-state index in [-0.39, 0.29) is 36.1 Å². The van der Waals surface area contributed by atoms with Crippen LogP contribution in [0.2, 0.25) is 5.02 Å². The standard InChI is InChI=1S/C18H23ClFN5O.C16H20N4O2/c19-16-3-1-4-17(20)15(16)12-23-6-2-7-25(10-9-23)18(26)22-14-5-8-24(11-14)13-21;17-12-19-7-6-14(10-19)18-16(21)20-8-9-22-15(11-20)13-4-2-1-3-5-13/h1,3-4,14H,2,5-12H2,(H,22,26);1-5,14-15H,6-11H2,(H,18,21)/t14-;14-,15?/m11/s1. The summed E-state index contributed by atoms with van der Waals surface area (Å²) in [6.45, 7) is 7.47. The molecular formula is C34H43ClFN9O3. The number of amides is 4. The highest BCUT2D eigenvalue weighted by molar-refractivity contribution is 6.31. The van der Waals surface area contributed by atoms with E-state index in [1.165, 1.54) is 6.07 Å². The monoisotopic (exact) mass is 679 g/mol. The highest BCUT2D eigenvalue weighted by Crippen LogP contribution is 2.23. The average Bonchev–Trinajstić information content (AvgIpc) is 3.70. The third-order valence-corrected chi connectivity index (χ3v) is 9.51. The first kappa shape index (κ1) is 35.0. The molecule has 0 bridgehead atoms. The molecule has 4 amide bonds. The molecule has 256 valence electrons. The Morgan fingerprint density at radius 1 is 0.812 bits per heavy atom. The number of likely N-dealkylation sites (tertiary alicyclic amines) is 2. The minimum Gasteiger partial charge on any atom is -0.370 e. The van der Waals surface area contributed by atoms with Gasteiger partial charge in [-0.05, 0) is 37.0 Å². The van der Waals surface area contributed by atoms with Gasteiger partial charge in [0.25, 0.3) is 0 Å². The lowest BCUT2D eigenvalue weighted by molar-refractivity contribution is -0.0157. The molecule has 3 atom stereocenters. The molecule has 0 radical (unpaired) electrons. The van der Waals surface area contributed by atoms with E-state index in [0.717, 1.165) is 37.9 Å². The Morgan fingerprint density at radius 3 is 2.10 bits per heavy atom. The zero-order chi connectivity index (χ0) is 33.9. The Hall–Kier alpha value is -4.30. The number of nitriles is 2. The normalized spacial score (nSPS) is 23.0. The number of nitrogens with one attached hydrogen (secondary N) is 2. The molecule has 0 saturated carbocycles. The third-order valence-electron chi connectivity index (χ3n) is 9.16. The van der Waals surface area contributed by atoms with Gasteiger partial charge in [0.2, 0.25) is 0 Å². The second kappa shape index (κ2) is 17.2. The van der Waals surface area contributed by atoms with Gasteiger partial charge in [0, 0.05) is 76.0 Å². The zero-order valence-electron chi connectivity index (χ0n) is 27.1. The van der Waals surface area contributed by atoms with Crippen LogP contribution in [-0.2, 0) is 11.3 Å². The number of halogens is 2. The number of morpholine rings is 1. The van der Waals surface area contributed by atoms with Crippen molar-refractivity contribution in [2.75, 3.05) is 72.1 Å². The van der Waals surface area contributed by atoms with Gasteiger partial charge in [-0.3, -0.25) is 4.90 Å². The molecule has 48 heavy (non-hydrogen) atoms. The molecule has 4 fully saturated rings. The second-order valence-corrected chi connectivity index (χ2v) is 12.9. The van der Waals surface area contributed by atoms with Crippen LogP contribution in [0.5, 0.6) is 0 Å². The fraction of sp³-hybridized carbons (Fsp3) is 0.529. The summed E-state index contributed by atoms with van der Waals surface area (Å²) >= 11 is 6.12. The lowest BCUT2D eigenvalue weighted by Gasteiger charge is -2.33. The summed E-state index contributed by atoms with van der Waals surface area (Å²) in [6, 6.07) is 14.6. The van der Waals surface area contributed by atoms with Crippen molar-refractivity contribution in [3.63, 3.8) is 0 Å². The van der Waals surface area contributed by atoms with Crippen LogP contribution in [0.15, 0.2) is 48.5 Å². The van der Waals surface area contributed by atoms with Crippen molar-refractivity contribution in [1.82, 2.24) is 35.1 Å². The number of hydrogen-bond donors (Lipinski definition) is 2. The number of nitrogens with zero attached hydrogens (tertiary/aromatic N) is 7. The second-order valence-electron chi connectivity index (χ2n) is 12.5. The molecule has 1 unspecified atom stereocenters. The van der Waals surface area contributed by atoms with E-state index in [9.17, 15) is 14.0 Å². The number of urea groups is 2. The third kappa shape index (κ3) is 9.63. The van der Waals surface area contributed by atoms with Gasteiger partial charge in [-0.1, -0.05) is 48.0 Å². The molecule has 4 heterocycles. The molecule has 2 aromatic rings. The topological polar surface area (TPSA) is 131 Å². The molecule has 2 aromatic carbocycles. The first-order valence-electron chi connectivity index (χ1n) is 16.5. The number of ether oxygens (including phenoxy) is 1. The highest BCUT2D eigenvalue weighted by atomic mass is 35.5. The number of carbonyl (C=O) groups excluding carboxylic acids is 2. The molecule has 0 spiro atoms. The average molecular weight is 680 g/mol. The lowest BCUT2D eigenvalue weighted by atomic mass is 10.1. The van der Waals surface area contributed by atoms with Crippen molar-refractivity contribution in [3.8, 4) is 12.4 Å². The van der Waals surface area contributed by atoms with Gasteiger partial charge in [-0.2, -0.15) is 10.5 Å². The maximum Gasteiger partial charge on any atom is 0.317 e. The highest BCUT2D eigenvalue weighted by Gasteiger charge is 2.29. The first-order chi connectivity index (χ1) is 23.3. The van der Waals surface area contributed by atoms with Gasteiger partial charge in [0.1, 0.15) is 11.9 Å². The van der Waals surface area contributed by atoms with Gasteiger partial charge in [-0.15, -0.1) is 0 Å². The number of rotatable bonds is 5. The summed E-state index contributed by atoms with van der Waals surface area (Å²) in [5.74, 6) is -0.292. The zero-order valence-corrected chi connectivity index (χ0v) is 27.8. The predicted molar refractivity (Wildman–Crippen MR) is 178 cm³/mol. The fourth-order valence-corrected chi connectivity index (χ4v) is 6.63. The maximum atomic E-state index is 14.0. The van der Waals surface area contributed by atoms with Gasteiger partial charge in [0.15, 0.2) is 12.4 Å². The Bertz CT molecular complexity index is 1450. The SMILES string of the molecule is N#CN1CC[C@@H](NC(=O)N2CCCN(Cc3c(F)cccc3Cl)CC2)C1.N#CN1CC[C@@H](NC(=O)N2CCOC(c3ccccc3)C2)C1. The number of hydrogen-bond acceptors (Lipinski definition) is 8. The minimum atomic E-state index is -0.292. The van der Waals surface area contributed by atoms with Crippen LogP contribution in [0.3, 0.4) is 0 Å². The molecule has 6 rings (SSSR count). The van der Waals surface area contributed by atoms with Gasteiger partial charge in [0.05, 0.1) is 25.2 Å². The van der Waals surface area contributed by atoms with Crippen LogP contribution in [0.1, 0.15) is 36.5 Å². The van der Waals surface area contributed by atoms with Crippen molar-refractivity contribution >= 4 is 23.7 Å². The lowest BCUT2D eigenvalue weighted by Crippen LogP contribution is -2.50. The minimum absolute atomic E-state index is 0.0266. The van der Waals surface area contributed by atoms with Gasteiger partial charge in [-0.25, -0.2) is 14.0 Å². The van der Waals surface area contributed by atoms with Gasteiger partial charge < -0.3 is 35.0 Å². The Balaban J connectivity index is 0.000000190. The predicted octanol–water partition coefficient (Wildman–Crippen LogP) is 3.58. The van der Waals surface area contributed by atoms with Crippen LogP contribution in [0.4, 0.5) is 14.0 Å². The van der Waals surface area contributed by atoms with E-state index in [0.29, 0.717) is 76.1 Å². The van der Waals surface area contributed by atoms with Crippen molar-refractivity contribution in [1.29, 1.82) is 10.5 Å². The van der Waals surface area contributed by atoms with Crippen LogP contribution >= 0.6 is 11.6 Å². The molecule has 14 heteroatoms. The van der Waals surface area contributed by atoms with E-state index < -0.39 is 0 Å². The Morgan fingerprint density at radius 2 is 1.48 bits per heavy atom. The summed E-state index contributed by atoms with van der Waals surface area (Å²) in [6.07, 6.45) is 6.62. The van der Waals surface area contributed by atoms with Crippen LogP contribution in [0.25, 0.3) is 0 Å². The molecule has 0 aromatic heterocycles. The number of benzene rings is 2. The fourth-order valence-electron chi connectivity index (χ4n) is 6.41. The van der Waals surface area contributed by atoms with Crippen molar-refractivity contribution < 1.29 is 18.7 Å². The Kier molecular flexibility index (Phi) is 12.5. The smallest absolute Gasteiger partial charge is 0.317 e. The van der Waals surface area contributed by atoms with Crippen molar-refractivity contribution in [2.24, 2.45) is 0 Å².